The summed E-state index contributed by atoms with van der Waals surface area (Å²) < 4.78 is 0. The monoisotopic (exact) mass is 264 g/mol. The lowest BCUT2D eigenvalue weighted by Gasteiger charge is -2.52. The Bertz CT molecular complexity index is 352. The maximum absolute atomic E-state index is 11.5. The molecule has 1 aliphatic rings. The lowest BCUT2D eigenvalue weighted by molar-refractivity contribution is -0.121. The minimum atomic E-state index is -0.125. The lowest BCUT2D eigenvalue weighted by Crippen LogP contribution is -2.47. The normalized spacial score (nSPS) is 27.9. The molecule has 0 atom stereocenters. The zero-order chi connectivity index (χ0) is 14.7. The van der Waals surface area contributed by atoms with E-state index >= 15 is 0 Å². The molecule has 0 spiro atoms. The standard InChI is InChI=1S/C16H28N2O/c1-12(2)16(15(3,4)5)9-6-13(7-10-16)18-14(19)8-11-17/h12-13H,6-10H2,1-5H3,(H,18,19). The van der Waals surface area contributed by atoms with Gasteiger partial charge in [0.05, 0.1) is 6.07 Å². The number of nitrogens with one attached hydrogen (secondary N) is 1. The van der Waals surface area contributed by atoms with Gasteiger partial charge in [-0.25, -0.2) is 0 Å². The highest BCUT2D eigenvalue weighted by molar-refractivity contribution is 5.78. The zero-order valence-corrected chi connectivity index (χ0v) is 13.0. The van der Waals surface area contributed by atoms with Crippen LogP contribution in [-0.4, -0.2) is 11.9 Å². The Morgan fingerprint density at radius 3 is 2.26 bits per heavy atom. The molecule has 1 aliphatic carbocycles. The smallest absolute Gasteiger partial charge is 0.234 e. The van der Waals surface area contributed by atoms with Gasteiger partial charge >= 0.3 is 0 Å². The lowest BCUT2D eigenvalue weighted by atomic mass is 9.54. The van der Waals surface area contributed by atoms with Crippen molar-refractivity contribution in [3.63, 3.8) is 0 Å². The summed E-state index contributed by atoms with van der Waals surface area (Å²) in [4.78, 5) is 11.5. The summed E-state index contributed by atoms with van der Waals surface area (Å²) in [5, 5.41) is 11.5. The number of nitrogens with zero attached hydrogens (tertiary/aromatic N) is 1. The van der Waals surface area contributed by atoms with Crippen LogP contribution in [0.4, 0.5) is 0 Å². The molecule has 1 amide bonds. The zero-order valence-electron chi connectivity index (χ0n) is 13.0. The van der Waals surface area contributed by atoms with Crippen LogP contribution in [0.15, 0.2) is 0 Å². The molecule has 0 bridgehead atoms. The fourth-order valence-electron chi connectivity index (χ4n) is 3.82. The first kappa shape index (κ1) is 16.0. The van der Waals surface area contributed by atoms with Gasteiger partial charge in [-0.1, -0.05) is 34.6 Å². The van der Waals surface area contributed by atoms with Crippen molar-refractivity contribution in [3.8, 4) is 6.07 Å². The van der Waals surface area contributed by atoms with Crippen LogP contribution in [0.3, 0.4) is 0 Å². The molecule has 0 radical (unpaired) electrons. The van der Waals surface area contributed by atoms with Crippen LogP contribution in [0.25, 0.3) is 0 Å². The number of hydrogen-bond donors (Lipinski definition) is 1. The first-order chi connectivity index (χ1) is 8.73. The second kappa shape index (κ2) is 5.94. The molecule has 0 saturated heterocycles. The number of nitriles is 1. The van der Waals surface area contributed by atoms with Crippen LogP contribution in [0, 0.1) is 28.1 Å². The summed E-state index contributed by atoms with van der Waals surface area (Å²) in [5.41, 5.74) is 0.659. The van der Waals surface area contributed by atoms with E-state index in [4.69, 9.17) is 5.26 Å². The molecule has 0 aliphatic heterocycles. The second-order valence-corrected chi connectivity index (χ2v) is 7.24. The average Bonchev–Trinajstić information content (AvgIpc) is 2.28. The third-order valence-corrected chi connectivity index (χ3v) is 5.08. The van der Waals surface area contributed by atoms with Gasteiger partial charge in [-0.2, -0.15) is 5.26 Å². The first-order valence-corrected chi connectivity index (χ1v) is 7.39. The van der Waals surface area contributed by atoms with E-state index in [1.54, 1.807) is 0 Å². The van der Waals surface area contributed by atoms with E-state index in [0.29, 0.717) is 16.7 Å². The van der Waals surface area contributed by atoms with Gasteiger partial charge in [-0.05, 0) is 42.4 Å². The van der Waals surface area contributed by atoms with Gasteiger partial charge in [0.2, 0.25) is 5.91 Å². The Hall–Kier alpha value is -1.04. The second-order valence-electron chi connectivity index (χ2n) is 7.24. The molecular formula is C16H28N2O. The van der Waals surface area contributed by atoms with Crippen LogP contribution in [0.1, 0.15) is 66.7 Å². The van der Waals surface area contributed by atoms with Crippen molar-refractivity contribution >= 4 is 5.91 Å². The SMILES string of the molecule is CC(C)C1(C(C)(C)C)CCC(NC(=O)CC#N)CC1. The van der Waals surface area contributed by atoms with E-state index < -0.39 is 0 Å². The fourth-order valence-corrected chi connectivity index (χ4v) is 3.82. The average molecular weight is 264 g/mol. The van der Waals surface area contributed by atoms with Gasteiger partial charge < -0.3 is 5.32 Å². The van der Waals surface area contributed by atoms with Crippen molar-refractivity contribution < 1.29 is 4.79 Å². The molecular weight excluding hydrogens is 236 g/mol. The molecule has 0 heterocycles. The van der Waals surface area contributed by atoms with Gasteiger partial charge in [0.25, 0.3) is 0 Å². The molecule has 1 fully saturated rings. The Morgan fingerprint density at radius 1 is 1.37 bits per heavy atom. The summed E-state index contributed by atoms with van der Waals surface area (Å²) in [5.74, 6) is 0.531. The van der Waals surface area contributed by atoms with Gasteiger partial charge in [0, 0.05) is 6.04 Å². The minimum Gasteiger partial charge on any atom is -0.352 e. The van der Waals surface area contributed by atoms with E-state index in [0.717, 1.165) is 25.7 Å². The predicted molar refractivity (Wildman–Crippen MR) is 77.4 cm³/mol. The maximum Gasteiger partial charge on any atom is 0.234 e. The summed E-state index contributed by atoms with van der Waals surface area (Å²) in [6.07, 6.45) is 4.36. The Labute approximate surface area is 117 Å². The molecule has 1 N–H and O–H groups in total. The van der Waals surface area contributed by atoms with Gasteiger partial charge in [0.15, 0.2) is 0 Å². The number of rotatable bonds is 3. The molecule has 0 aromatic heterocycles. The molecule has 108 valence electrons. The number of carbonyl (C=O) groups excluding carboxylic acids is 1. The summed E-state index contributed by atoms with van der Waals surface area (Å²) >= 11 is 0. The molecule has 1 rings (SSSR count). The predicted octanol–water partition coefficient (Wildman–Crippen LogP) is 3.65. The van der Waals surface area contributed by atoms with Crippen molar-refractivity contribution in [2.75, 3.05) is 0 Å². The number of hydrogen-bond acceptors (Lipinski definition) is 2. The van der Waals surface area contributed by atoms with E-state index in [1.165, 1.54) is 0 Å². The molecule has 0 unspecified atom stereocenters. The van der Waals surface area contributed by atoms with Gasteiger partial charge in [-0.3, -0.25) is 4.79 Å². The van der Waals surface area contributed by atoms with Crippen molar-refractivity contribution in [2.24, 2.45) is 16.7 Å². The molecule has 3 nitrogen and oxygen atoms in total. The Balaban J connectivity index is 2.65. The Kier molecular flexibility index (Phi) is 5.01. The fraction of sp³-hybridized carbons (Fsp3) is 0.875. The largest absolute Gasteiger partial charge is 0.352 e. The maximum atomic E-state index is 11.5. The van der Waals surface area contributed by atoms with Crippen molar-refractivity contribution in [2.45, 2.75) is 72.8 Å². The van der Waals surface area contributed by atoms with Crippen molar-refractivity contribution in [3.05, 3.63) is 0 Å². The molecule has 0 aromatic rings. The van der Waals surface area contributed by atoms with Crippen LogP contribution >= 0.6 is 0 Å². The van der Waals surface area contributed by atoms with Crippen LogP contribution in [-0.2, 0) is 4.79 Å². The van der Waals surface area contributed by atoms with Crippen LogP contribution in [0.2, 0.25) is 0 Å². The van der Waals surface area contributed by atoms with Crippen LogP contribution < -0.4 is 5.32 Å². The Morgan fingerprint density at radius 2 is 1.89 bits per heavy atom. The summed E-state index contributed by atoms with van der Waals surface area (Å²) in [6, 6.07) is 2.16. The number of carbonyl (C=O) groups is 1. The molecule has 0 aromatic carbocycles. The highest BCUT2D eigenvalue weighted by Gasteiger charge is 2.46. The third-order valence-electron chi connectivity index (χ3n) is 5.08. The number of amides is 1. The first-order valence-electron chi connectivity index (χ1n) is 7.39. The van der Waals surface area contributed by atoms with Gasteiger partial charge in [0.1, 0.15) is 6.42 Å². The quantitative estimate of drug-likeness (QED) is 0.846. The highest BCUT2D eigenvalue weighted by Crippen LogP contribution is 2.54. The molecule has 19 heavy (non-hydrogen) atoms. The van der Waals surface area contributed by atoms with E-state index in [9.17, 15) is 4.79 Å². The topological polar surface area (TPSA) is 52.9 Å². The van der Waals surface area contributed by atoms with Gasteiger partial charge in [-0.15, -0.1) is 0 Å². The van der Waals surface area contributed by atoms with Crippen molar-refractivity contribution in [1.82, 2.24) is 5.32 Å². The molecule has 3 heteroatoms. The van der Waals surface area contributed by atoms with E-state index in [1.807, 2.05) is 6.07 Å². The van der Waals surface area contributed by atoms with E-state index in [2.05, 4.69) is 39.9 Å². The minimum absolute atomic E-state index is 0.0227. The van der Waals surface area contributed by atoms with Crippen LogP contribution in [0.5, 0.6) is 0 Å². The summed E-state index contributed by atoms with van der Waals surface area (Å²) in [7, 11) is 0. The van der Waals surface area contributed by atoms with E-state index in [-0.39, 0.29) is 18.4 Å². The molecule has 1 saturated carbocycles. The summed E-state index contributed by atoms with van der Waals surface area (Å²) in [6.45, 7) is 11.6. The van der Waals surface area contributed by atoms with Crippen molar-refractivity contribution in [1.29, 1.82) is 5.26 Å². The third kappa shape index (κ3) is 3.49. The highest BCUT2D eigenvalue weighted by atomic mass is 16.1.